The number of aromatic amines is 1. The summed E-state index contributed by atoms with van der Waals surface area (Å²) in [4.78, 5) is 22.7. The Balaban J connectivity index is 1.79. The van der Waals surface area contributed by atoms with E-state index < -0.39 is 36.8 Å². The number of imidazole rings is 1. The summed E-state index contributed by atoms with van der Waals surface area (Å²) in [5.74, 6) is -0.184. The highest BCUT2D eigenvalue weighted by Crippen LogP contribution is 2.36. The predicted octanol–water partition coefficient (Wildman–Crippen LogP) is -0.131. The molecule has 2 aromatic heterocycles. The number of fused-ring (bicyclic) bond motifs is 1. The molecule has 1 aliphatic heterocycles. The monoisotopic (exact) mass is 391 g/mol. The van der Waals surface area contributed by atoms with Crippen molar-refractivity contribution in [3.05, 3.63) is 46.2 Å². The van der Waals surface area contributed by atoms with Gasteiger partial charge in [0.2, 0.25) is 5.95 Å². The van der Waals surface area contributed by atoms with Crippen LogP contribution in [0.3, 0.4) is 0 Å². The summed E-state index contributed by atoms with van der Waals surface area (Å²) in [6.07, 6.45) is -6.01. The Kier molecular flexibility index (Phi) is 4.71. The largest absolute Gasteiger partial charge is 0.460 e. The Morgan fingerprint density at radius 1 is 1.32 bits per heavy atom. The second kappa shape index (κ2) is 7.19. The van der Waals surface area contributed by atoms with Gasteiger partial charge in [-0.15, -0.1) is 0 Å². The first kappa shape index (κ1) is 18.3. The summed E-state index contributed by atoms with van der Waals surface area (Å²) in [5.41, 5.74) is 5.70. The molecule has 1 fully saturated rings. The van der Waals surface area contributed by atoms with Crippen LogP contribution in [-0.4, -0.2) is 54.7 Å². The maximum Gasteiger partial charge on any atom is 0.301 e. The molecular formula is C17H18FN5O5. The van der Waals surface area contributed by atoms with Crippen molar-refractivity contribution in [2.24, 2.45) is 0 Å². The second-order valence-electron chi connectivity index (χ2n) is 6.34. The number of benzene rings is 1. The van der Waals surface area contributed by atoms with Crippen molar-refractivity contribution in [1.29, 1.82) is 0 Å². The fraction of sp³-hybridized carbons (Fsp3) is 0.353. The van der Waals surface area contributed by atoms with Crippen molar-refractivity contribution < 1.29 is 24.1 Å². The number of nitrogens with two attached hydrogens (primary N) is 1. The summed E-state index contributed by atoms with van der Waals surface area (Å²) < 4.78 is 26.6. The number of rotatable bonds is 5. The number of aliphatic hydroxyl groups excluding tert-OH is 2. The fourth-order valence-corrected chi connectivity index (χ4v) is 3.10. The lowest BCUT2D eigenvalue weighted by Crippen LogP contribution is -2.29. The average Bonchev–Trinajstić information content (AvgIpc) is 3.18. The molecule has 0 saturated carbocycles. The molecule has 0 radical (unpaired) electrons. The maximum absolute atomic E-state index is 14.2. The number of anilines is 1. The summed E-state index contributed by atoms with van der Waals surface area (Å²) in [7, 11) is 0. The molecule has 1 aliphatic rings. The van der Waals surface area contributed by atoms with Crippen molar-refractivity contribution in [3.8, 4) is 6.01 Å². The molecule has 11 heteroatoms. The van der Waals surface area contributed by atoms with E-state index in [4.69, 9.17) is 15.2 Å². The molecule has 5 N–H and O–H groups in total. The molecular weight excluding hydrogens is 373 g/mol. The maximum atomic E-state index is 14.2. The highest BCUT2D eigenvalue weighted by Gasteiger charge is 2.46. The van der Waals surface area contributed by atoms with Gasteiger partial charge in [-0.05, 0) is 5.56 Å². The van der Waals surface area contributed by atoms with Crippen LogP contribution in [0.15, 0.2) is 35.1 Å². The Morgan fingerprint density at radius 2 is 2.07 bits per heavy atom. The first-order valence-electron chi connectivity index (χ1n) is 8.52. The van der Waals surface area contributed by atoms with Crippen molar-refractivity contribution in [1.82, 2.24) is 19.5 Å². The number of H-pyrrole nitrogens is 1. The number of nitrogens with one attached hydrogen (secondary N) is 1. The molecule has 0 amide bonds. The molecule has 0 spiro atoms. The smallest absolute Gasteiger partial charge is 0.301 e. The van der Waals surface area contributed by atoms with E-state index >= 15 is 0 Å². The Bertz CT molecular complexity index is 1040. The number of halogens is 1. The van der Waals surface area contributed by atoms with Crippen molar-refractivity contribution in [3.63, 3.8) is 0 Å². The summed E-state index contributed by atoms with van der Waals surface area (Å²) in [6.45, 7) is -0.527. The molecule has 28 heavy (non-hydrogen) atoms. The Morgan fingerprint density at radius 3 is 2.75 bits per heavy atom. The third-order valence-electron chi connectivity index (χ3n) is 4.47. The van der Waals surface area contributed by atoms with Gasteiger partial charge in [-0.2, -0.15) is 9.97 Å². The molecule has 1 aromatic carbocycles. The van der Waals surface area contributed by atoms with Crippen LogP contribution < -0.4 is 16.0 Å². The van der Waals surface area contributed by atoms with Crippen molar-refractivity contribution in [2.75, 3.05) is 12.3 Å². The van der Waals surface area contributed by atoms with Crippen LogP contribution in [0.25, 0.3) is 11.2 Å². The molecule has 1 unspecified atom stereocenters. The molecule has 148 valence electrons. The van der Waals surface area contributed by atoms with Crippen LogP contribution >= 0.6 is 0 Å². The SMILES string of the molecule is Nc1nc2c(nc(OCc3ccccc3)n2[C@@H]2O[C@H](CO)C(F)[C@@H]2O)c(=O)[nH]1. The second-order valence-corrected chi connectivity index (χ2v) is 6.34. The number of nitrogen functional groups attached to an aromatic ring is 1. The fourth-order valence-electron chi connectivity index (χ4n) is 3.10. The van der Waals surface area contributed by atoms with Gasteiger partial charge in [0.25, 0.3) is 5.56 Å². The van der Waals surface area contributed by atoms with E-state index in [1.807, 2.05) is 30.3 Å². The molecule has 10 nitrogen and oxygen atoms in total. The van der Waals surface area contributed by atoms with Gasteiger partial charge in [0, 0.05) is 0 Å². The zero-order valence-electron chi connectivity index (χ0n) is 14.5. The standard InChI is InChI=1S/C17H18FN5O5/c18-10-9(6-24)28-15(12(10)25)23-13-11(14(26)22-16(19)21-13)20-17(23)27-7-8-4-2-1-3-5-8/h1-5,9-10,12,15,24-25H,6-7H2,(H3,19,21,22,26)/t9-,10?,12+,15-/m1/s1. The lowest BCUT2D eigenvalue weighted by molar-refractivity contribution is -0.0532. The molecule has 0 bridgehead atoms. The zero-order chi connectivity index (χ0) is 19.8. The minimum Gasteiger partial charge on any atom is -0.460 e. The first-order chi connectivity index (χ1) is 13.5. The minimum atomic E-state index is -1.84. The topological polar surface area (TPSA) is 149 Å². The quantitative estimate of drug-likeness (QED) is 0.470. The van der Waals surface area contributed by atoms with Crippen molar-refractivity contribution >= 4 is 17.1 Å². The third-order valence-corrected chi connectivity index (χ3v) is 4.47. The number of hydrogen-bond donors (Lipinski definition) is 4. The normalized spacial score (nSPS) is 24.7. The molecule has 1 saturated heterocycles. The van der Waals surface area contributed by atoms with Gasteiger partial charge < -0.3 is 25.4 Å². The Labute approximate surface area is 157 Å². The van der Waals surface area contributed by atoms with Crippen LogP contribution in [-0.2, 0) is 11.3 Å². The minimum absolute atomic E-state index is 0.0286. The van der Waals surface area contributed by atoms with Crippen LogP contribution in [0.5, 0.6) is 6.01 Å². The molecule has 4 rings (SSSR count). The molecule has 3 heterocycles. The van der Waals surface area contributed by atoms with E-state index in [1.54, 1.807) is 0 Å². The van der Waals surface area contributed by atoms with E-state index in [2.05, 4.69) is 15.0 Å². The van der Waals surface area contributed by atoms with Crippen LogP contribution in [0.4, 0.5) is 10.3 Å². The molecule has 3 aromatic rings. The number of aliphatic hydroxyl groups is 2. The van der Waals surface area contributed by atoms with E-state index in [-0.39, 0.29) is 29.7 Å². The van der Waals surface area contributed by atoms with Gasteiger partial charge in [0.1, 0.15) is 18.8 Å². The van der Waals surface area contributed by atoms with Crippen LogP contribution in [0.2, 0.25) is 0 Å². The summed E-state index contributed by atoms with van der Waals surface area (Å²) >= 11 is 0. The van der Waals surface area contributed by atoms with Crippen LogP contribution in [0.1, 0.15) is 11.8 Å². The van der Waals surface area contributed by atoms with Crippen LogP contribution in [0, 0.1) is 0 Å². The summed E-state index contributed by atoms with van der Waals surface area (Å²) in [6, 6.07) is 9.07. The molecule has 0 aliphatic carbocycles. The predicted molar refractivity (Wildman–Crippen MR) is 95.2 cm³/mol. The van der Waals surface area contributed by atoms with Gasteiger partial charge in [0.05, 0.1) is 6.61 Å². The lowest BCUT2D eigenvalue weighted by Gasteiger charge is -2.18. The molecule has 4 atom stereocenters. The lowest BCUT2D eigenvalue weighted by atomic mass is 10.1. The van der Waals surface area contributed by atoms with E-state index in [9.17, 15) is 19.4 Å². The highest BCUT2D eigenvalue weighted by atomic mass is 19.1. The van der Waals surface area contributed by atoms with Gasteiger partial charge in [-0.3, -0.25) is 9.78 Å². The number of aromatic nitrogens is 4. The van der Waals surface area contributed by atoms with E-state index in [1.165, 1.54) is 4.57 Å². The van der Waals surface area contributed by atoms with Gasteiger partial charge in [-0.1, -0.05) is 30.3 Å². The van der Waals surface area contributed by atoms with Gasteiger partial charge >= 0.3 is 6.01 Å². The number of ether oxygens (including phenoxy) is 2. The first-order valence-corrected chi connectivity index (χ1v) is 8.52. The zero-order valence-corrected chi connectivity index (χ0v) is 14.5. The third kappa shape index (κ3) is 3.09. The van der Waals surface area contributed by atoms with Gasteiger partial charge in [0.15, 0.2) is 23.6 Å². The van der Waals surface area contributed by atoms with Crippen molar-refractivity contribution in [2.45, 2.75) is 31.2 Å². The van der Waals surface area contributed by atoms with E-state index in [0.29, 0.717) is 0 Å². The number of nitrogens with zero attached hydrogens (tertiary/aromatic N) is 3. The summed E-state index contributed by atoms with van der Waals surface area (Å²) in [5, 5.41) is 19.5. The Hall–Kier alpha value is -3.02. The van der Waals surface area contributed by atoms with E-state index in [0.717, 1.165) is 5.56 Å². The average molecular weight is 391 g/mol. The number of hydrogen-bond acceptors (Lipinski definition) is 8. The number of alkyl halides is 1. The van der Waals surface area contributed by atoms with Gasteiger partial charge in [-0.25, -0.2) is 8.96 Å². The highest BCUT2D eigenvalue weighted by molar-refractivity contribution is 5.72.